The van der Waals surface area contributed by atoms with Crippen molar-refractivity contribution >= 4 is 0 Å². The van der Waals surface area contributed by atoms with Crippen LogP contribution in [0.3, 0.4) is 0 Å². The van der Waals surface area contributed by atoms with Crippen LogP contribution in [-0.2, 0) is 0 Å². The van der Waals surface area contributed by atoms with Crippen molar-refractivity contribution < 1.29 is 13.5 Å². The van der Waals surface area contributed by atoms with Crippen molar-refractivity contribution in [1.29, 1.82) is 0 Å². The van der Waals surface area contributed by atoms with Crippen molar-refractivity contribution in [2.24, 2.45) is 0 Å². The van der Waals surface area contributed by atoms with Crippen molar-refractivity contribution in [3.8, 4) is 5.88 Å². The van der Waals surface area contributed by atoms with Gasteiger partial charge in [0.25, 0.3) is 0 Å². The lowest BCUT2D eigenvalue weighted by Gasteiger charge is -2.21. The van der Waals surface area contributed by atoms with Crippen LogP contribution in [0.2, 0.25) is 0 Å². The van der Waals surface area contributed by atoms with Crippen LogP contribution in [0.1, 0.15) is 24.1 Å². The van der Waals surface area contributed by atoms with Crippen LogP contribution >= 0.6 is 0 Å². The molecule has 0 fully saturated rings. The molecule has 1 heterocycles. The Labute approximate surface area is 116 Å². The quantitative estimate of drug-likeness (QED) is 0.912. The highest BCUT2D eigenvalue weighted by molar-refractivity contribution is 5.38. The summed E-state index contributed by atoms with van der Waals surface area (Å²) in [5.41, 5.74) is 1.07. The van der Waals surface area contributed by atoms with E-state index in [4.69, 9.17) is 4.74 Å². The predicted octanol–water partition coefficient (Wildman–Crippen LogP) is 3.07. The maximum Gasteiger partial charge on any atom is 0.218 e. The monoisotopic (exact) mass is 278 g/mol. The zero-order valence-corrected chi connectivity index (χ0v) is 11.4. The average molecular weight is 278 g/mol. The first-order chi connectivity index (χ1) is 9.67. The molecule has 0 bridgehead atoms. The van der Waals surface area contributed by atoms with Gasteiger partial charge >= 0.3 is 0 Å². The molecular formula is C15H16F2N2O. The Hall–Kier alpha value is -2.01. The Morgan fingerprint density at radius 3 is 2.70 bits per heavy atom. The largest absolute Gasteiger partial charge is 0.481 e. The standard InChI is InChI=1S/C15H16F2N2O/c1-3-18-14(11-7-6-10(16)9-13(11)17)12-5-4-8-19-15(12)20-2/h4-9,14,18H,3H2,1-2H3. The molecule has 1 atom stereocenters. The minimum Gasteiger partial charge on any atom is -0.481 e. The van der Waals surface area contributed by atoms with Crippen LogP contribution < -0.4 is 10.1 Å². The van der Waals surface area contributed by atoms with E-state index in [1.165, 1.54) is 19.2 Å². The SMILES string of the molecule is CCNC(c1ccc(F)cc1F)c1cccnc1OC. The first-order valence-electron chi connectivity index (χ1n) is 6.34. The topological polar surface area (TPSA) is 34.2 Å². The van der Waals surface area contributed by atoms with Crippen molar-refractivity contribution in [3.05, 3.63) is 59.3 Å². The van der Waals surface area contributed by atoms with E-state index in [9.17, 15) is 8.78 Å². The van der Waals surface area contributed by atoms with Gasteiger partial charge in [0.2, 0.25) is 5.88 Å². The normalized spacial score (nSPS) is 12.2. The van der Waals surface area contributed by atoms with E-state index in [0.717, 1.165) is 6.07 Å². The van der Waals surface area contributed by atoms with Crippen molar-refractivity contribution in [3.63, 3.8) is 0 Å². The maximum atomic E-state index is 14.0. The number of nitrogens with zero attached hydrogens (tertiary/aromatic N) is 1. The van der Waals surface area contributed by atoms with Gasteiger partial charge in [0.1, 0.15) is 11.6 Å². The molecule has 1 aromatic heterocycles. The molecular weight excluding hydrogens is 262 g/mol. The molecule has 0 aliphatic heterocycles. The van der Waals surface area contributed by atoms with E-state index in [0.29, 0.717) is 23.6 Å². The number of hydrogen-bond donors (Lipinski definition) is 1. The molecule has 5 heteroatoms. The van der Waals surface area contributed by atoms with Crippen LogP contribution in [0.4, 0.5) is 8.78 Å². The van der Waals surface area contributed by atoms with Crippen LogP contribution in [-0.4, -0.2) is 18.6 Å². The number of nitrogens with one attached hydrogen (secondary N) is 1. The highest BCUT2D eigenvalue weighted by Gasteiger charge is 2.21. The van der Waals surface area contributed by atoms with E-state index in [-0.39, 0.29) is 0 Å². The molecule has 0 spiro atoms. The third-order valence-electron chi connectivity index (χ3n) is 2.99. The predicted molar refractivity (Wildman–Crippen MR) is 72.7 cm³/mol. The van der Waals surface area contributed by atoms with E-state index >= 15 is 0 Å². The molecule has 2 aromatic rings. The number of benzene rings is 1. The number of ether oxygens (including phenoxy) is 1. The lowest BCUT2D eigenvalue weighted by atomic mass is 9.99. The third kappa shape index (κ3) is 2.93. The van der Waals surface area contributed by atoms with Gasteiger partial charge in [-0.05, 0) is 18.7 Å². The highest BCUT2D eigenvalue weighted by atomic mass is 19.1. The van der Waals surface area contributed by atoms with Crippen molar-refractivity contribution in [2.45, 2.75) is 13.0 Å². The van der Waals surface area contributed by atoms with E-state index in [1.54, 1.807) is 12.3 Å². The molecule has 0 aliphatic rings. The van der Waals surface area contributed by atoms with Gasteiger partial charge in [0.15, 0.2) is 0 Å². The van der Waals surface area contributed by atoms with E-state index in [2.05, 4.69) is 10.3 Å². The molecule has 1 unspecified atom stereocenters. The average Bonchev–Trinajstić information content (AvgIpc) is 2.45. The third-order valence-corrected chi connectivity index (χ3v) is 2.99. The first kappa shape index (κ1) is 14.4. The fourth-order valence-corrected chi connectivity index (χ4v) is 2.12. The summed E-state index contributed by atoms with van der Waals surface area (Å²) in [7, 11) is 1.51. The zero-order valence-electron chi connectivity index (χ0n) is 11.4. The molecule has 3 nitrogen and oxygen atoms in total. The number of hydrogen-bond acceptors (Lipinski definition) is 3. The molecule has 20 heavy (non-hydrogen) atoms. The minimum absolute atomic E-state index is 0.361. The molecule has 1 N–H and O–H groups in total. The van der Waals surface area contributed by atoms with Gasteiger partial charge in [0.05, 0.1) is 13.2 Å². The van der Waals surface area contributed by atoms with Crippen LogP contribution in [0.5, 0.6) is 5.88 Å². The summed E-state index contributed by atoms with van der Waals surface area (Å²) in [4.78, 5) is 4.11. The lowest BCUT2D eigenvalue weighted by Crippen LogP contribution is -2.23. The Bertz CT molecular complexity index is 590. The summed E-state index contributed by atoms with van der Waals surface area (Å²) in [5, 5.41) is 3.17. The van der Waals surface area contributed by atoms with Gasteiger partial charge in [-0.25, -0.2) is 13.8 Å². The lowest BCUT2D eigenvalue weighted by molar-refractivity contribution is 0.386. The van der Waals surface area contributed by atoms with Crippen LogP contribution in [0, 0.1) is 11.6 Å². The second-order valence-corrected chi connectivity index (χ2v) is 4.26. The Morgan fingerprint density at radius 1 is 1.25 bits per heavy atom. The fourth-order valence-electron chi connectivity index (χ4n) is 2.12. The molecule has 0 amide bonds. The molecule has 0 radical (unpaired) electrons. The molecule has 2 rings (SSSR count). The summed E-state index contributed by atoms with van der Waals surface area (Å²) < 4.78 is 32.3. The number of aromatic nitrogens is 1. The number of pyridine rings is 1. The summed E-state index contributed by atoms with van der Waals surface area (Å²) in [5.74, 6) is -0.774. The molecule has 0 aliphatic carbocycles. The van der Waals surface area contributed by atoms with Gasteiger partial charge in [0, 0.05) is 23.4 Å². The van der Waals surface area contributed by atoms with Gasteiger partial charge in [-0.15, -0.1) is 0 Å². The van der Waals surface area contributed by atoms with Crippen LogP contribution in [0.15, 0.2) is 36.5 Å². The fraction of sp³-hybridized carbons (Fsp3) is 0.267. The van der Waals surface area contributed by atoms with E-state index < -0.39 is 17.7 Å². The second-order valence-electron chi connectivity index (χ2n) is 4.26. The molecule has 0 saturated heterocycles. The van der Waals surface area contributed by atoms with Gasteiger partial charge < -0.3 is 10.1 Å². The van der Waals surface area contributed by atoms with Crippen molar-refractivity contribution in [2.75, 3.05) is 13.7 Å². The molecule has 1 aromatic carbocycles. The Morgan fingerprint density at radius 2 is 2.05 bits per heavy atom. The van der Waals surface area contributed by atoms with Gasteiger partial charge in [-0.1, -0.05) is 19.1 Å². The molecule has 106 valence electrons. The summed E-state index contributed by atoms with van der Waals surface area (Å²) in [6.07, 6.45) is 1.60. The Kier molecular flexibility index (Phi) is 4.63. The summed E-state index contributed by atoms with van der Waals surface area (Å²) in [6.45, 7) is 2.54. The van der Waals surface area contributed by atoms with Crippen LogP contribution in [0.25, 0.3) is 0 Å². The molecule has 0 saturated carbocycles. The number of methoxy groups -OCH3 is 1. The summed E-state index contributed by atoms with van der Waals surface area (Å²) >= 11 is 0. The number of rotatable bonds is 5. The first-order valence-corrected chi connectivity index (χ1v) is 6.34. The van der Waals surface area contributed by atoms with E-state index in [1.807, 2.05) is 13.0 Å². The zero-order chi connectivity index (χ0) is 14.5. The second kappa shape index (κ2) is 6.43. The van der Waals surface area contributed by atoms with Crippen molar-refractivity contribution in [1.82, 2.24) is 10.3 Å². The maximum absolute atomic E-state index is 14.0. The minimum atomic E-state index is -0.598. The Balaban J connectivity index is 2.50. The van der Waals surface area contributed by atoms with Gasteiger partial charge in [-0.3, -0.25) is 0 Å². The highest BCUT2D eigenvalue weighted by Crippen LogP contribution is 2.29. The summed E-state index contributed by atoms with van der Waals surface area (Å²) in [6, 6.07) is 6.67. The smallest absolute Gasteiger partial charge is 0.218 e. The number of halogens is 2. The van der Waals surface area contributed by atoms with Gasteiger partial charge in [-0.2, -0.15) is 0 Å².